The molecule has 1 heterocycles. The van der Waals surface area contributed by atoms with Gasteiger partial charge in [0.25, 0.3) is 5.56 Å². The van der Waals surface area contributed by atoms with Crippen molar-refractivity contribution in [1.29, 1.82) is 0 Å². The van der Waals surface area contributed by atoms with Gasteiger partial charge < -0.3 is 0 Å². The van der Waals surface area contributed by atoms with Crippen LogP contribution in [-0.4, -0.2) is 16.2 Å². The monoisotopic (exact) mass is 272 g/mol. The number of aromatic amines is 1. The average Bonchev–Trinajstić information content (AvgIpc) is 2.37. The predicted octanol–water partition coefficient (Wildman–Crippen LogP) is 2.47. The molecule has 20 heavy (non-hydrogen) atoms. The predicted molar refractivity (Wildman–Crippen MR) is 79.8 cm³/mol. The largest absolute Gasteiger partial charge is 0.291 e. The van der Waals surface area contributed by atoms with Crippen LogP contribution in [-0.2, 0) is 0 Å². The van der Waals surface area contributed by atoms with Crippen molar-refractivity contribution in [2.24, 2.45) is 22.4 Å². The summed E-state index contributed by atoms with van der Waals surface area (Å²) >= 11 is 0. The van der Waals surface area contributed by atoms with Crippen LogP contribution in [0.15, 0.2) is 27.6 Å². The summed E-state index contributed by atoms with van der Waals surface area (Å²) in [7, 11) is 0. The van der Waals surface area contributed by atoms with Gasteiger partial charge >= 0.3 is 0 Å². The summed E-state index contributed by atoms with van der Waals surface area (Å²) in [5.74, 6) is 1.82. The van der Waals surface area contributed by atoms with E-state index < -0.39 is 0 Å². The lowest BCUT2D eigenvalue weighted by Crippen LogP contribution is -2.48. The van der Waals surface area contributed by atoms with E-state index in [-0.39, 0.29) is 5.56 Å². The minimum atomic E-state index is -0.171. The molecule has 5 nitrogen and oxygen atoms in total. The molecule has 3 aliphatic carbocycles. The third-order valence-electron chi connectivity index (χ3n) is 4.76. The molecule has 0 aromatic carbocycles. The van der Waals surface area contributed by atoms with Crippen LogP contribution in [0.4, 0.5) is 5.95 Å². The lowest BCUT2D eigenvalue weighted by Gasteiger charge is -2.55. The highest BCUT2D eigenvalue weighted by atomic mass is 16.1. The SMILES string of the molecule is Cc1cc(=O)[nH]c(N/N=C\C2=CC[C@@H]3C[C@@H]2C3(C)C)n1. The van der Waals surface area contributed by atoms with Crippen molar-refractivity contribution in [3.05, 3.63) is 33.8 Å². The number of hydrogen-bond acceptors (Lipinski definition) is 4. The van der Waals surface area contributed by atoms with E-state index in [4.69, 9.17) is 0 Å². The molecule has 1 saturated carbocycles. The molecule has 1 aromatic rings. The van der Waals surface area contributed by atoms with Crippen LogP contribution in [0.25, 0.3) is 0 Å². The highest BCUT2D eigenvalue weighted by Gasteiger charge is 2.50. The van der Waals surface area contributed by atoms with Crippen molar-refractivity contribution in [2.45, 2.75) is 33.6 Å². The minimum absolute atomic E-state index is 0.171. The molecule has 5 heteroatoms. The summed E-state index contributed by atoms with van der Waals surface area (Å²) in [5, 5.41) is 4.21. The van der Waals surface area contributed by atoms with Gasteiger partial charge in [-0.1, -0.05) is 19.9 Å². The Morgan fingerprint density at radius 3 is 3.00 bits per heavy atom. The van der Waals surface area contributed by atoms with Crippen LogP contribution in [0.2, 0.25) is 0 Å². The van der Waals surface area contributed by atoms with Crippen LogP contribution >= 0.6 is 0 Å². The van der Waals surface area contributed by atoms with Gasteiger partial charge in [-0.2, -0.15) is 5.10 Å². The Morgan fingerprint density at radius 2 is 2.35 bits per heavy atom. The Morgan fingerprint density at radius 1 is 1.55 bits per heavy atom. The zero-order valence-electron chi connectivity index (χ0n) is 12.1. The summed E-state index contributed by atoms with van der Waals surface area (Å²) < 4.78 is 0. The third kappa shape index (κ3) is 2.17. The first-order valence-electron chi connectivity index (χ1n) is 7.04. The molecule has 106 valence electrons. The normalized spacial score (nSPS) is 27.1. The molecule has 2 atom stereocenters. The zero-order valence-corrected chi connectivity index (χ0v) is 12.1. The quantitative estimate of drug-likeness (QED) is 0.656. The molecule has 0 aliphatic heterocycles. The smallest absolute Gasteiger partial charge is 0.252 e. The molecule has 0 unspecified atom stereocenters. The highest BCUT2D eigenvalue weighted by molar-refractivity contribution is 5.81. The fourth-order valence-corrected chi connectivity index (χ4v) is 3.34. The topological polar surface area (TPSA) is 70.1 Å². The van der Waals surface area contributed by atoms with Crippen LogP contribution < -0.4 is 11.0 Å². The Hall–Kier alpha value is -1.91. The van der Waals surface area contributed by atoms with E-state index in [0.717, 1.165) is 12.3 Å². The molecule has 2 bridgehead atoms. The summed E-state index contributed by atoms with van der Waals surface area (Å²) in [4.78, 5) is 18.1. The highest BCUT2D eigenvalue weighted by Crippen LogP contribution is 2.58. The number of aryl methyl sites for hydroxylation is 1. The number of rotatable bonds is 3. The first-order chi connectivity index (χ1) is 9.46. The number of fused-ring (bicyclic) bond motifs is 1. The van der Waals surface area contributed by atoms with Gasteiger partial charge in [-0.25, -0.2) is 10.4 Å². The zero-order chi connectivity index (χ0) is 14.3. The average molecular weight is 272 g/mol. The van der Waals surface area contributed by atoms with Gasteiger partial charge in [0, 0.05) is 11.8 Å². The van der Waals surface area contributed by atoms with Gasteiger partial charge in [0.15, 0.2) is 0 Å². The molecular weight excluding hydrogens is 252 g/mol. The van der Waals surface area contributed by atoms with Gasteiger partial charge in [0.05, 0.1) is 6.21 Å². The fraction of sp³-hybridized carbons (Fsp3) is 0.533. The first kappa shape index (κ1) is 13.1. The number of hydrogen-bond donors (Lipinski definition) is 2. The second-order valence-corrected chi connectivity index (χ2v) is 6.35. The second kappa shape index (κ2) is 4.58. The van der Waals surface area contributed by atoms with E-state index in [0.29, 0.717) is 23.0 Å². The Balaban J connectivity index is 1.69. The van der Waals surface area contributed by atoms with E-state index in [1.165, 1.54) is 18.1 Å². The Labute approximate surface area is 118 Å². The van der Waals surface area contributed by atoms with E-state index in [9.17, 15) is 4.79 Å². The third-order valence-corrected chi connectivity index (χ3v) is 4.76. The summed E-state index contributed by atoms with van der Waals surface area (Å²) in [5.41, 5.74) is 4.99. The molecule has 0 spiro atoms. The maximum absolute atomic E-state index is 11.3. The number of hydrazone groups is 1. The van der Waals surface area contributed by atoms with Crippen LogP contribution in [0.3, 0.4) is 0 Å². The molecule has 0 amide bonds. The molecule has 2 N–H and O–H groups in total. The van der Waals surface area contributed by atoms with E-state index >= 15 is 0 Å². The van der Waals surface area contributed by atoms with Crippen molar-refractivity contribution in [2.75, 3.05) is 5.43 Å². The lowest BCUT2D eigenvalue weighted by molar-refractivity contribution is -0.00124. The number of nitrogens with zero attached hydrogens (tertiary/aromatic N) is 2. The van der Waals surface area contributed by atoms with Gasteiger partial charge in [0.1, 0.15) is 0 Å². The maximum atomic E-state index is 11.3. The van der Waals surface area contributed by atoms with Crippen LogP contribution in [0.1, 0.15) is 32.4 Å². The first-order valence-corrected chi connectivity index (χ1v) is 7.04. The van der Waals surface area contributed by atoms with Gasteiger partial charge in [-0.15, -0.1) is 0 Å². The molecule has 1 fully saturated rings. The van der Waals surface area contributed by atoms with Crippen molar-refractivity contribution in [3.8, 4) is 0 Å². The number of nitrogens with one attached hydrogen (secondary N) is 2. The molecule has 3 aliphatic rings. The minimum Gasteiger partial charge on any atom is -0.291 e. The lowest BCUT2D eigenvalue weighted by atomic mass is 9.49. The number of H-pyrrole nitrogens is 1. The Kier molecular flexibility index (Phi) is 3.00. The van der Waals surface area contributed by atoms with E-state index in [1.54, 1.807) is 6.92 Å². The van der Waals surface area contributed by atoms with Crippen molar-refractivity contribution in [1.82, 2.24) is 9.97 Å². The molecular formula is C15H20N4O. The van der Waals surface area contributed by atoms with Gasteiger partial charge in [-0.3, -0.25) is 9.78 Å². The summed E-state index contributed by atoms with van der Waals surface area (Å²) in [6.45, 7) is 6.45. The standard InChI is InChI=1S/C15H20N4O/c1-9-6-13(20)18-14(17-9)19-16-8-10-4-5-11-7-12(10)15(11,2)3/h4,6,8,11-12H,5,7H2,1-3H3,(H2,17,18,19,20)/b16-8-/t11-,12+/m1/s1. The summed E-state index contributed by atoms with van der Waals surface area (Å²) in [6, 6.07) is 1.45. The van der Waals surface area contributed by atoms with E-state index in [1.807, 2.05) is 6.21 Å². The van der Waals surface area contributed by atoms with Gasteiger partial charge in [-0.05, 0) is 42.6 Å². The number of allylic oxidation sites excluding steroid dienone is 2. The van der Waals surface area contributed by atoms with E-state index in [2.05, 4.69) is 40.4 Å². The van der Waals surface area contributed by atoms with Crippen LogP contribution in [0, 0.1) is 24.2 Å². The maximum Gasteiger partial charge on any atom is 0.252 e. The number of aromatic nitrogens is 2. The molecule has 0 saturated heterocycles. The molecule has 1 aromatic heterocycles. The number of anilines is 1. The molecule has 4 rings (SSSR count). The van der Waals surface area contributed by atoms with Crippen LogP contribution in [0.5, 0.6) is 0 Å². The summed E-state index contributed by atoms with van der Waals surface area (Å²) in [6.07, 6.45) is 6.56. The molecule has 0 radical (unpaired) electrons. The van der Waals surface area contributed by atoms with Crippen molar-refractivity contribution in [3.63, 3.8) is 0 Å². The van der Waals surface area contributed by atoms with Gasteiger partial charge in [0.2, 0.25) is 5.95 Å². The van der Waals surface area contributed by atoms with Crippen molar-refractivity contribution >= 4 is 12.2 Å². The fourth-order valence-electron chi connectivity index (χ4n) is 3.34. The Bertz CT molecular complexity index is 642. The second-order valence-electron chi connectivity index (χ2n) is 6.35. The van der Waals surface area contributed by atoms with Crippen molar-refractivity contribution < 1.29 is 0 Å².